The molecule has 2 heterocycles. The largest absolute Gasteiger partial charge is 0.497 e. The number of carbonyl (C=O) groups is 1. The second-order valence-electron chi connectivity index (χ2n) is 5.33. The van der Waals surface area contributed by atoms with Gasteiger partial charge in [0.05, 0.1) is 13.2 Å². The maximum Gasteiger partial charge on any atom is 0.254 e. The van der Waals surface area contributed by atoms with Crippen LogP contribution in [-0.4, -0.2) is 28.3 Å². The molecule has 0 bridgehead atoms. The van der Waals surface area contributed by atoms with E-state index in [-0.39, 0.29) is 23.9 Å². The van der Waals surface area contributed by atoms with E-state index in [1.165, 1.54) is 17.8 Å². The van der Waals surface area contributed by atoms with Crippen LogP contribution in [0.4, 0.5) is 5.69 Å². The molecule has 0 aliphatic carbocycles. The van der Waals surface area contributed by atoms with Gasteiger partial charge >= 0.3 is 0 Å². The highest BCUT2D eigenvalue weighted by Gasteiger charge is 2.27. The number of hydrogen-bond acceptors (Lipinski definition) is 5. The summed E-state index contributed by atoms with van der Waals surface area (Å²) < 4.78 is 6.70. The number of fused-ring (bicyclic) bond motifs is 1. The zero-order valence-electron chi connectivity index (χ0n) is 12.9. The summed E-state index contributed by atoms with van der Waals surface area (Å²) in [5.74, 6) is 1.29. The summed E-state index contributed by atoms with van der Waals surface area (Å²) in [6.45, 7) is 1.80. The van der Waals surface area contributed by atoms with Crippen molar-refractivity contribution in [3.05, 3.63) is 46.4 Å². The summed E-state index contributed by atoms with van der Waals surface area (Å²) in [6, 6.07) is 8.48. The fourth-order valence-corrected chi connectivity index (χ4v) is 3.71. The number of rotatable bonds is 4. The number of hydrogen-bond donors (Lipinski definition) is 1. The lowest BCUT2D eigenvalue weighted by molar-refractivity contribution is -0.116. The smallest absolute Gasteiger partial charge is 0.254 e. The van der Waals surface area contributed by atoms with Crippen molar-refractivity contribution in [1.82, 2.24) is 9.55 Å². The van der Waals surface area contributed by atoms with Crippen LogP contribution in [0.2, 0.25) is 0 Å². The number of amides is 1. The van der Waals surface area contributed by atoms with Crippen molar-refractivity contribution >= 4 is 23.4 Å². The van der Waals surface area contributed by atoms with Crippen LogP contribution in [0.15, 0.2) is 40.3 Å². The molecule has 2 aromatic rings. The molecule has 120 valence electrons. The first-order valence-electron chi connectivity index (χ1n) is 7.23. The fraction of sp³-hybridized carbons (Fsp3) is 0.312. The molecule has 23 heavy (non-hydrogen) atoms. The van der Waals surface area contributed by atoms with Gasteiger partial charge in [-0.2, -0.15) is 0 Å². The predicted octanol–water partition coefficient (Wildman–Crippen LogP) is 2.24. The molecule has 0 radical (unpaired) electrons. The molecule has 1 atom stereocenters. The second kappa shape index (κ2) is 6.45. The summed E-state index contributed by atoms with van der Waals surface area (Å²) in [5, 5.41) is 3.53. The summed E-state index contributed by atoms with van der Waals surface area (Å²) >= 11 is 1.51. The van der Waals surface area contributed by atoms with Crippen LogP contribution in [-0.2, 0) is 4.79 Å². The number of aryl methyl sites for hydroxylation is 1. The minimum absolute atomic E-state index is 0.0975. The van der Waals surface area contributed by atoms with E-state index < -0.39 is 0 Å². The number of methoxy groups -OCH3 is 1. The van der Waals surface area contributed by atoms with Crippen LogP contribution in [0, 0.1) is 6.92 Å². The lowest BCUT2D eigenvalue weighted by Crippen LogP contribution is -2.27. The highest BCUT2D eigenvalue weighted by Crippen LogP contribution is 2.32. The van der Waals surface area contributed by atoms with Crippen LogP contribution >= 0.6 is 11.8 Å². The summed E-state index contributed by atoms with van der Waals surface area (Å²) in [4.78, 5) is 28.7. The highest BCUT2D eigenvalue weighted by molar-refractivity contribution is 7.99. The Morgan fingerprint density at radius 2 is 2.17 bits per heavy atom. The van der Waals surface area contributed by atoms with Gasteiger partial charge in [-0.25, -0.2) is 4.98 Å². The van der Waals surface area contributed by atoms with Crippen molar-refractivity contribution in [2.75, 3.05) is 18.2 Å². The Hall–Kier alpha value is -2.28. The van der Waals surface area contributed by atoms with Crippen LogP contribution in [0.25, 0.3) is 0 Å². The number of ether oxygens (including phenoxy) is 1. The van der Waals surface area contributed by atoms with Gasteiger partial charge in [0.2, 0.25) is 5.91 Å². The Balaban J connectivity index is 1.69. The van der Waals surface area contributed by atoms with Gasteiger partial charge in [-0.05, 0) is 31.2 Å². The van der Waals surface area contributed by atoms with E-state index >= 15 is 0 Å². The van der Waals surface area contributed by atoms with Crippen LogP contribution in [0.5, 0.6) is 5.75 Å². The molecule has 1 N–H and O–H groups in total. The first kappa shape index (κ1) is 15.6. The molecule has 1 aromatic heterocycles. The second-order valence-corrected chi connectivity index (χ2v) is 6.32. The van der Waals surface area contributed by atoms with Crippen molar-refractivity contribution in [2.24, 2.45) is 0 Å². The Kier molecular flexibility index (Phi) is 4.38. The SMILES string of the molecule is COc1ccc(NC(=O)CC2CSc3nc(C)cc(=O)n32)cc1. The van der Waals surface area contributed by atoms with Gasteiger partial charge in [0.1, 0.15) is 5.75 Å². The van der Waals surface area contributed by atoms with Gasteiger partial charge in [0.15, 0.2) is 5.16 Å². The predicted molar refractivity (Wildman–Crippen MR) is 89.2 cm³/mol. The third-order valence-corrected chi connectivity index (χ3v) is 4.71. The van der Waals surface area contributed by atoms with Crippen molar-refractivity contribution in [2.45, 2.75) is 24.5 Å². The zero-order chi connectivity index (χ0) is 16.4. The summed E-state index contributed by atoms with van der Waals surface area (Å²) in [7, 11) is 1.59. The number of benzene rings is 1. The van der Waals surface area contributed by atoms with Gasteiger partial charge in [-0.15, -0.1) is 0 Å². The lowest BCUT2D eigenvalue weighted by atomic mass is 10.2. The Bertz CT molecular complexity index is 786. The number of aromatic nitrogens is 2. The molecule has 1 aliphatic rings. The standard InChI is InChI=1S/C16H17N3O3S/c1-10-7-15(21)19-12(9-23-16(19)17-10)8-14(20)18-11-3-5-13(22-2)6-4-11/h3-7,12H,8-9H2,1-2H3,(H,18,20). The van der Waals surface area contributed by atoms with Crippen molar-refractivity contribution in [1.29, 1.82) is 0 Å². The van der Waals surface area contributed by atoms with Crippen LogP contribution in [0.1, 0.15) is 18.2 Å². The quantitative estimate of drug-likeness (QED) is 0.870. The van der Waals surface area contributed by atoms with Gasteiger partial charge in [0.25, 0.3) is 5.56 Å². The molecule has 0 saturated heterocycles. The first-order chi connectivity index (χ1) is 11.1. The molecule has 3 rings (SSSR count). The molecule has 6 nitrogen and oxygen atoms in total. The number of nitrogens with zero attached hydrogens (tertiary/aromatic N) is 2. The summed E-state index contributed by atoms with van der Waals surface area (Å²) in [5.41, 5.74) is 1.31. The van der Waals surface area contributed by atoms with Crippen molar-refractivity contribution in [3.8, 4) is 5.75 Å². The Labute approximate surface area is 137 Å². The highest BCUT2D eigenvalue weighted by atomic mass is 32.2. The van der Waals surface area contributed by atoms with E-state index in [0.717, 1.165) is 5.75 Å². The van der Waals surface area contributed by atoms with Gasteiger partial charge in [-0.1, -0.05) is 11.8 Å². The van der Waals surface area contributed by atoms with E-state index in [4.69, 9.17) is 4.74 Å². The molecule has 1 aromatic carbocycles. The maximum atomic E-state index is 12.2. The number of anilines is 1. The average molecular weight is 331 g/mol. The summed E-state index contributed by atoms with van der Waals surface area (Å²) in [6.07, 6.45) is 0.247. The normalized spacial score (nSPS) is 16.0. The third-order valence-electron chi connectivity index (χ3n) is 3.61. The minimum atomic E-state index is -0.158. The average Bonchev–Trinajstić information content (AvgIpc) is 2.90. The molecule has 1 amide bonds. The molecule has 0 spiro atoms. The number of carbonyl (C=O) groups excluding carboxylic acids is 1. The molecule has 0 saturated carbocycles. The van der Waals surface area contributed by atoms with Gasteiger partial charge in [0, 0.05) is 29.6 Å². The third kappa shape index (κ3) is 3.39. The van der Waals surface area contributed by atoms with Gasteiger partial charge in [-0.3, -0.25) is 14.2 Å². The minimum Gasteiger partial charge on any atom is -0.497 e. The topological polar surface area (TPSA) is 73.2 Å². The fourth-order valence-electron chi connectivity index (χ4n) is 2.51. The van der Waals surface area contributed by atoms with E-state index in [1.807, 2.05) is 0 Å². The van der Waals surface area contributed by atoms with Gasteiger partial charge < -0.3 is 10.1 Å². The van der Waals surface area contributed by atoms with Crippen molar-refractivity contribution < 1.29 is 9.53 Å². The lowest BCUT2D eigenvalue weighted by Gasteiger charge is -2.13. The molecule has 1 unspecified atom stereocenters. The van der Waals surface area contributed by atoms with Crippen LogP contribution in [0.3, 0.4) is 0 Å². The Morgan fingerprint density at radius 1 is 1.43 bits per heavy atom. The first-order valence-corrected chi connectivity index (χ1v) is 8.22. The van der Waals surface area contributed by atoms with E-state index in [1.54, 1.807) is 42.9 Å². The molecule has 0 fully saturated rings. The molecular weight excluding hydrogens is 314 g/mol. The van der Waals surface area contributed by atoms with E-state index in [0.29, 0.717) is 22.3 Å². The molecular formula is C16H17N3O3S. The van der Waals surface area contributed by atoms with E-state index in [9.17, 15) is 9.59 Å². The molecule has 7 heteroatoms. The number of thioether (sulfide) groups is 1. The number of nitrogens with one attached hydrogen (secondary N) is 1. The molecule has 1 aliphatic heterocycles. The maximum absolute atomic E-state index is 12.2. The van der Waals surface area contributed by atoms with Crippen molar-refractivity contribution in [3.63, 3.8) is 0 Å². The van der Waals surface area contributed by atoms with Crippen LogP contribution < -0.4 is 15.6 Å². The zero-order valence-corrected chi connectivity index (χ0v) is 13.7. The Morgan fingerprint density at radius 3 is 2.87 bits per heavy atom. The monoisotopic (exact) mass is 331 g/mol. The van der Waals surface area contributed by atoms with E-state index in [2.05, 4.69) is 10.3 Å².